The molecule has 1 saturated carbocycles. The van der Waals surface area contributed by atoms with Crippen LogP contribution in [0.1, 0.15) is 32.1 Å². The van der Waals surface area contributed by atoms with E-state index >= 15 is 0 Å². The average molecular weight is 216 g/mol. The number of carbonyl (C=O) groups is 1. The van der Waals surface area contributed by atoms with Crippen LogP contribution in [0.3, 0.4) is 0 Å². The molecule has 1 N–H and O–H groups in total. The second-order valence-corrected chi connectivity index (χ2v) is 3.83. The zero-order valence-corrected chi connectivity index (χ0v) is 8.43. The van der Waals surface area contributed by atoms with E-state index in [0.717, 1.165) is 0 Å². The van der Waals surface area contributed by atoms with Crippen molar-refractivity contribution in [2.24, 2.45) is 5.92 Å². The molecule has 3 nitrogen and oxygen atoms in total. The van der Waals surface area contributed by atoms with Crippen LogP contribution in [0.4, 0.5) is 8.78 Å². The summed E-state index contributed by atoms with van der Waals surface area (Å²) >= 11 is 0. The van der Waals surface area contributed by atoms with E-state index in [1.165, 1.54) is 0 Å². The zero-order chi connectivity index (χ0) is 11.3. The number of rotatable bonds is 3. The third kappa shape index (κ3) is 3.82. The molecule has 0 unspecified atom stereocenters. The van der Waals surface area contributed by atoms with Gasteiger partial charge in [0.2, 0.25) is 11.8 Å². The van der Waals surface area contributed by atoms with E-state index in [4.69, 9.17) is 5.26 Å². The average Bonchev–Trinajstić information content (AvgIpc) is 2.18. The van der Waals surface area contributed by atoms with Crippen molar-refractivity contribution in [2.45, 2.75) is 38.0 Å². The predicted molar refractivity (Wildman–Crippen MR) is 50.1 cm³/mol. The third-order valence-corrected chi connectivity index (χ3v) is 2.62. The van der Waals surface area contributed by atoms with E-state index in [-0.39, 0.29) is 43.9 Å². The standard InChI is InChI=1S/C10H14F2N2O/c11-10(12)4-2-8(3-5-10)9(15)14-7-1-6-13/h8H,1-5,7H2,(H,14,15). The van der Waals surface area contributed by atoms with Crippen LogP contribution in [0, 0.1) is 17.2 Å². The number of nitrogens with one attached hydrogen (secondary N) is 1. The maximum atomic E-state index is 12.8. The largest absolute Gasteiger partial charge is 0.355 e. The molecular formula is C10H14F2N2O. The van der Waals surface area contributed by atoms with E-state index < -0.39 is 5.92 Å². The molecule has 84 valence electrons. The SMILES string of the molecule is N#CCCNC(=O)C1CCC(F)(F)CC1. The molecule has 0 aromatic rings. The Balaban J connectivity index is 2.28. The molecule has 1 aliphatic rings. The van der Waals surface area contributed by atoms with Crippen molar-refractivity contribution < 1.29 is 13.6 Å². The summed E-state index contributed by atoms with van der Waals surface area (Å²) in [7, 11) is 0. The summed E-state index contributed by atoms with van der Waals surface area (Å²) in [6.07, 6.45) is 0.331. The lowest BCUT2D eigenvalue weighted by Crippen LogP contribution is -2.36. The van der Waals surface area contributed by atoms with Gasteiger partial charge < -0.3 is 5.32 Å². The van der Waals surface area contributed by atoms with E-state index in [9.17, 15) is 13.6 Å². The lowest BCUT2D eigenvalue weighted by Gasteiger charge is -2.27. The molecule has 0 atom stereocenters. The highest BCUT2D eigenvalue weighted by molar-refractivity contribution is 5.78. The van der Waals surface area contributed by atoms with Crippen LogP contribution in [0.15, 0.2) is 0 Å². The van der Waals surface area contributed by atoms with Crippen molar-refractivity contribution in [1.29, 1.82) is 5.26 Å². The highest BCUT2D eigenvalue weighted by atomic mass is 19.3. The number of hydrogen-bond acceptors (Lipinski definition) is 2. The molecule has 1 amide bonds. The first kappa shape index (κ1) is 11.9. The topological polar surface area (TPSA) is 52.9 Å². The Morgan fingerprint density at radius 2 is 2.07 bits per heavy atom. The van der Waals surface area contributed by atoms with Crippen LogP contribution in [0.5, 0.6) is 0 Å². The highest BCUT2D eigenvalue weighted by Crippen LogP contribution is 2.36. The normalized spacial score (nSPS) is 20.6. The molecule has 1 fully saturated rings. The second kappa shape index (κ2) is 5.06. The molecule has 5 heteroatoms. The van der Waals surface area contributed by atoms with Crippen molar-refractivity contribution in [2.75, 3.05) is 6.54 Å². The fourth-order valence-corrected chi connectivity index (χ4v) is 1.69. The molecule has 0 spiro atoms. The number of halogens is 2. The number of carbonyl (C=O) groups excluding carboxylic acids is 1. The van der Waals surface area contributed by atoms with E-state index in [1.54, 1.807) is 0 Å². The van der Waals surface area contributed by atoms with Gasteiger partial charge in [-0.15, -0.1) is 0 Å². The van der Waals surface area contributed by atoms with Crippen molar-refractivity contribution in [1.82, 2.24) is 5.32 Å². The second-order valence-electron chi connectivity index (χ2n) is 3.83. The minimum Gasteiger partial charge on any atom is -0.355 e. The Morgan fingerprint density at radius 3 is 2.60 bits per heavy atom. The van der Waals surface area contributed by atoms with Crippen LogP contribution in [-0.2, 0) is 4.79 Å². The first-order valence-electron chi connectivity index (χ1n) is 5.08. The van der Waals surface area contributed by atoms with Crippen LogP contribution in [0.25, 0.3) is 0 Å². The molecule has 0 heterocycles. The summed E-state index contributed by atoms with van der Waals surface area (Å²) in [5, 5.41) is 10.8. The van der Waals surface area contributed by atoms with Gasteiger partial charge >= 0.3 is 0 Å². The Morgan fingerprint density at radius 1 is 1.47 bits per heavy atom. The predicted octanol–water partition coefficient (Wildman–Crippen LogP) is 1.84. The molecular weight excluding hydrogens is 202 g/mol. The van der Waals surface area contributed by atoms with E-state index in [2.05, 4.69) is 5.32 Å². The van der Waals surface area contributed by atoms with Crippen molar-refractivity contribution in [3.05, 3.63) is 0 Å². The summed E-state index contributed by atoms with van der Waals surface area (Å²) in [5.41, 5.74) is 0. The van der Waals surface area contributed by atoms with E-state index in [1.807, 2.05) is 6.07 Å². The molecule has 1 rings (SSSR count). The molecule has 0 aliphatic heterocycles. The van der Waals surface area contributed by atoms with Gasteiger partial charge in [-0.3, -0.25) is 4.79 Å². The zero-order valence-electron chi connectivity index (χ0n) is 8.43. The van der Waals surface area contributed by atoms with Crippen molar-refractivity contribution in [3.8, 4) is 6.07 Å². The Kier molecular flexibility index (Phi) is 4.01. The summed E-state index contributed by atoms with van der Waals surface area (Å²) in [5.74, 6) is -3.09. The third-order valence-electron chi connectivity index (χ3n) is 2.62. The monoisotopic (exact) mass is 216 g/mol. The maximum Gasteiger partial charge on any atom is 0.248 e. The summed E-state index contributed by atoms with van der Waals surface area (Å²) < 4.78 is 25.5. The smallest absolute Gasteiger partial charge is 0.248 e. The Bertz CT molecular complexity index is 263. The lowest BCUT2D eigenvalue weighted by atomic mass is 9.86. The molecule has 1 aliphatic carbocycles. The fourth-order valence-electron chi connectivity index (χ4n) is 1.69. The Labute approximate surface area is 87.5 Å². The van der Waals surface area contributed by atoms with E-state index in [0.29, 0.717) is 6.54 Å². The van der Waals surface area contributed by atoms with Crippen LogP contribution < -0.4 is 5.32 Å². The minimum absolute atomic E-state index is 0.194. The number of amides is 1. The number of nitriles is 1. The van der Waals surface area contributed by atoms with Crippen LogP contribution >= 0.6 is 0 Å². The number of nitrogens with zero attached hydrogens (tertiary/aromatic N) is 1. The minimum atomic E-state index is -2.59. The first-order chi connectivity index (χ1) is 7.05. The van der Waals surface area contributed by atoms with Crippen LogP contribution in [0.2, 0.25) is 0 Å². The molecule has 0 aromatic heterocycles. The first-order valence-corrected chi connectivity index (χ1v) is 5.08. The maximum absolute atomic E-state index is 12.8. The quantitative estimate of drug-likeness (QED) is 0.732. The van der Waals surface area contributed by atoms with Crippen molar-refractivity contribution in [3.63, 3.8) is 0 Å². The van der Waals surface area contributed by atoms with Gasteiger partial charge in [0, 0.05) is 25.3 Å². The summed E-state index contributed by atoms with van der Waals surface area (Å²) in [4.78, 5) is 11.4. The molecule has 0 radical (unpaired) electrons. The van der Waals surface area contributed by atoms with Crippen LogP contribution in [-0.4, -0.2) is 18.4 Å². The molecule has 0 aromatic carbocycles. The Hall–Kier alpha value is -1.18. The van der Waals surface area contributed by atoms with Gasteiger partial charge in [0.15, 0.2) is 0 Å². The number of hydrogen-bond donors (Lipinski definition) is 1. The van der Waals surface area contributed by atoms with Gasteiger partial charge in [-0.1, -0.05) is 0 Å². The van der Waals surface area contributed by atoms with Gasteiger partial charge in [-0.05, 0) is 12.8 Å². The molecule has 0 bridgehead atoms. The highest BCUT2D eigenvalue weighted by Gasteiger charge is 2.37. The molecule has 0 saturated heterocycles. The fraction of sp³-hybridized carbons (Fsp3) is 0.800. The summed E-state index contributed by atoms with van der Waals surface area (Å²) in [6.45, 7) is 0.308. The summed E-state index contributed by atoms with van der Waals surface area (Å²) in [6, 6.07) is 1.90. The van der Waals surface area contributed by atoms with Gasteiger partial charge in [0.1, 0.15) is 0 Å². The number of alkyl halides is 2. The van der Waals surface area contributed by atoms with Gasteiger partial charge in [-0.25, -0.2) is 8.78 Å². The molecule has 15 heavy (non-hydrogen) atoms. The van der Waals surface area contributed by atoms with Gasteiger partial charge in [0.25, 0.3) is 0 Å². The van der Waals surface area contributed by atoms with Crippen molar-refractivity contribution >= 4 is 5.91 Å². The lowest BCUT2D eigenvalue weighted by molar-refractivity contribution is -0.129. The van der Waals surface area contributed by atoms with Gasteiger partial charge in [-0.2, -0.15) is 5.26 Å². The van der Waals surface area contributed by atoms with Gasteiger partial charge in [0.05, 0.1) is 12.5 Å².